The van der Waals surface area contributed by atoms with E-state index >= 15 is 0 Å². The average molecular weight is 172 g/mol. The second-order valence-corrected chi connectivity index (χ2v) is 3.01. The molecule has 1 rings (SSSR count). The first-order valence-corrected chi connectivity index (χ1v) is 3.62. The van der Waals surface area contributed by atoms with Crippen molar-refractivity contribution in [1.29, 1.82) is 0 Å². The number of hydrogen-bond donors (Lipinski definition) is 1. The first-order chi connectivity index (χ1) is 5.47. The molecule has 1 heterocycles. The Bertz CT molecular complexity index is 235. The second-order valence-electron chi connectivity index (χ2n) is 3.01. The lowest BCUT2D eigenvalue weighted by atomic mass is 10.1. The van der Waals surface area contributed by atoms with Crippen LogP contribution in [-0.4, -0.2) is 34.8 Å². The lowest BCUT2D eigenvalue weighted by molar-refractivity contribution is -0.0619. The number of carbonyl (C=O) groups excluding carboxylic acids is 1. The van der Waals surface area contributed by atoms with Crippen LogP contribution in [0, 0.1) is 0 Å². The molecule has 0 aromatic carbocycles. The Morgan fingerprint density at radius 3 is 2.75 bits per heavy atom. The summed E-state index contributed by atoms with van der Waals surface area (Å²) in [5, 5.41) is 14.4. The molecule has 0 saturated heterocycles. The maximum Gasteiger partial charge on any atom is 0.432 e. The van der Waals surface area contributed by atoms with Crippen LogP contribution in [0.2, 0.25) is 0 Å². The van der Waals surface area contributed by atoms with Gasteiger partial charge in [0, 0.05) is 12.1 Å². The number of hydrazone groups is 1. The van der Waals surface area contributed by atoms with E-state index in [0.29, 0.717) is 12.1 Å². The summed E-state index contributed by atoms with van der Waals surface area (Å²) in [5.41, 5.74) is -0.526. The van der Waals surface area contributed by atoms with Crippen molar-refractivity contribution >= 4 is 11.8 Å². The van der Waals surface area contributed by atoms with Gasteiger partial charge in [0.15, 0.2) is 5.72 Å². The maximum atomic E-state index is 11.0. The van der Waals surface area contributed by atoms with Crippen molar-refractivity contribution in [3.63, 3.8) is 0 Å². The Hall–Kier alpha value is -1.10. The minimum absolute atomic E-state index is 0.363. The summed E-state index contributed by atoms with van der Waals surface area (Å²) in [6.07, 6.45) is -0.279. The van der Waals surface area contributed by atoms with Crippen LogP contribution in [0.4, 0.5) is 4.79 Å². The van der Waals surface area contributed by atoms with Crippen LogP contribution in [0.3, 0.4) is 0 Å². The summed E-state index contributed by atoms with van der Waals surface area (Å²) in [6.45, 7) is 3.27. The number of aliphatic hydroxyl groups is 1. The molecule has 1 aliphatic heterocycles. The molecule has 5 heteroatoms. The van der Waals surface area contributed by atoms with Gasteiger partial charge in [0.2, 0.25) is 0 Å². The lowest BCUT2D eigenvalue weighted by Gasteiger charge is -2.25. The fourth-order valence-electron chi connectivity index (χ4n) is 1.20. The van der Waals surface area contributed by atoms with Crippen LogP contribution in [0.1, 0.15) is 20.3 Å². The van der Waals surface area contributed by atoms with Gasteiger partial charge in [-0.05, 0) is 13.8 Å². The predicted molar refractivity (Wildman–Crippen MR) is 42.6 cm³/mol. The molecule has 0 fully saturated rings. The Kier molecular flexibility index (Phi) is 2.06. The maximum absolute atomic E-state index is 11.0. The molecule has 1 atom stereocenters. The highest BCUT2D eigenvalue weighted by atomic mass is 16.6. The van der Waals surface area contributed by atoms with E-state index in [-0.39, 0.29) is 0 Å². The third kappa shape index (κ3) is 1.40. The van der Waals surface area contributed by atoms with Crippen molar-refractivity contribution in [2.45, 2.75) is 26.0 Å². The van der Waals surface area contributed by atoms with Gasteiger partial charge >= 0.3 is 6.09 Å². The molecule has 1 unspecified atom stereocenters. The van der Waals surface area contributed by atoms with Gasteiger partial charge in [-0.1, -0.05) is 0 Å². The summed E-state index contributed by atoms with van der Waals surface area (Å²) in [6, 6.07) is 0. The van der Waals surface area contributed by atoms with Crippen molar-refractivity contribution < 1.29 is 14.6 Å². The van der Waals surface area contributed by atoms with E-state index in [2.05, 4.69) is 9.84 Å². The molecule has 12 heavy (non-hydrogen) atoms. The molecule has 0 aromatic rings. The first kappa shape index (κ1) is 8.99. The quantitative estimate of drug-likeness (QED) is 0.580. The zero-order chi connectivity index (χ0) is 9.35. The normalized spacial score (nSPS) is 28.7. The van der Waals surface area contributed by atoms with Gasteiger partial charge in [-0.3, -0.25) is 0 Å². The topological polar surface area (TPSA) is 62.1 Å². The van der Waals surface area contributed by atoms with Gasteiger partial charge in [-0.15, -0.1) is 0 Å². The Morgan fingerprint density at radius 1 is 1.83 bits per heavy atom. The van der Waals surface area contributed by atoms with Gasteiger partial charge in [0.1, 0.15) is 0 Å². The number of nitrogens with zero attached hydrogens (tertiary/aromatic N) is 2. The smallest absolute Gasteiger partial charge is 0.432 e. The number of rotatable bonds is 0. The molecular weight excluding hydrogens is 160 g/mol. The number of hydrogen-bond acceptors (Lipinski definition) is 4. The minimum Gasteiger partial charge on any atom is -0.451 e. The number of ether oxygens (including phenoxy) is 1. The van der Waals surface area contributed by atoms with E-state index in [4.69, 9.17) is 0 Å². The van der Waals surface area contributed by atoms with Crippen LogP contribution in [0.25, 0.3) is 0 Å². The van der Waals surface area contributed by atoms with Crippen molar-refractivity contribution in [3.8, 4) is 0 Å². The van der Waals surface area contributed by atoms with Crippen LogP contribution in [0.15, 0.2) is 5.10 Å². The van der Waals surface area contributed by atoms with Crippen LogP contribution in [0.5, 0.6) is 0 Å². The van der Waals surface area contributed by atoms with Crippen molar-refractivity contribution in [3.05, 3.63) is 0 Å². The van der Waals surface area contributed by atoms with Crippen LogP contribution >= 0.6 is 0 Å². The minimum atomic E-state index is -1.24. The summed E-state index contributed by atoms with van der Waals surface area (Å²) in [7, 11) is 1.25. The van der Waals surface area contributed by atoms with Gasteiger partial charge in [-0.25, -0.2) is 4.79 Å². The summed E-state index contributed by atoms with van der Waals surface area (Å²) in [4.78, 5) is 11.0. The molecule has 68 valence electrons. The monoisotopic (exact) mass is 172 g/mol. The zero-order valence-electron chi connectivity index (χ0n) is 7.37. The van der Waals surface area contributed by atoms with Crippen molar-refractivity contribution in [2.75, 3.05) is 7.11 Å². The molecule has 0 aromatic heterocycles. The Morgan fingerprint density at radius 2 is 2.42 bits per heavy atom. The molecule has 1 amide bonds. The molecule has 1 aliphatic rings. The first-order valence-electron chi connectivity index (χ1n) is 3.62. The highest BCUT2D eigenvalue weighted by Gasteiger charge is 2.39. The van der Waals surface area contributed by atoms with Crippen molar-refractivity contribution in [1.82, 2.24) is 5.01 Å². The SMILES string of the molecule is COC(=O)N1N=C(C)CC1(C)O. The highest BCUT2D eigenvalue weighted by molar-refractivity contribution is 5.87. The molecule has 0 bridgehead atoms. The van der Waals surface area contributed by atoms with E-state index in [1.54, 1.807) is 6.92 Å². The standard InChI is InChI=1S/C7H12N2O3/c1-5-4-7(2,11)9(8-5)6(10)12-3/h11H,4H2,1-3H3. The average Bonchev–Trinajstić information content (AvgIpc) is 2.23. The van der Waals surface area contributed by atoms with Gasteiger partial charge in [0.05, 0.1) is 7.11 Å². The van der Waals surface area contributed by atoms with Crippen molar-refractivity contribution in [2.24, 2.45) is 5.10 Å². The number of methoxy groups -OCH3 is 1. The van der Waals surface area contributed by atoms with E-state index in [1.807, 2.05) is 0 Å². The summed E-state index contributed by atoms with van der Waals surface area (Å²) < 4.78 is 4.44. The van der Waals surface area contributed by atoms with Gasteiger partial charge in [-0.2, -0.15) is 10.1 Å². The Labute approximate surface area is 70.6 Å². The van der Waals surface area contributed by atoms with E-state index in [1.165, 1.54) is 14.0 Å². The summed E-state index contributed by atoms with van der Waals surface area (Å²) >= 11 is 0. The van der Waals surface area contributed by atoms with Crippen LogP contribution < -0.4 is 0 Å². The van der Waals surface area contributed by atoms with Crippen LogP contribution in [-0.2, 0) is 4.74 Å². The molecule has 0 radical (unpaired) electrons. The third-order valence-electron chi connectivity index (χ3n) is 1.67. The second kappa shape index (κ2) is 2.75. The zero-order valence-corrected chi connectivity index (χ0v) is 7.37. The summed E-state index contributed by atoms with van der Waals surface area (Å²) in [5.74, 6) is 0. The predicted octanol–water partition coefficient (Wildman–Crippen LogP) is 0.543. The van der Waals surface area contributed by atoms with E-state index < -0.39 is 11.8 Å². The fraction of sp³-hybridized carbons (Fsp3) is 0.714. The molecular formula is C7H12N2O3. The number of carbonyl (C=O) groups is 1. The van der Waals surface area contributed by atoms with Gasteiger partial charge in [0.25, 0.3) is 0 Å². The van der Waals surface area contributed by atoms with Gasteiger partial charge < -0.3 is 9.84 Å². The molecule has 0 aliphatic carbocycles. The Balaban J connectivity index is 2.82. The molecule has 1 N–H and O–H groups in total. The van der Waals surface area contributed by atoms with E-state index in [9.17, 15) is 9.90 Å². The largest absolute Gasteiger partial charge is 0.451 e. The fourth-order valence-corrected chi connectivity index (χ4v) is 1.20. The molecule has 5 nitrogen and oxygen atoms in total. The number of amides is 1. The molecule has 0 spiro atoms. The molecule has 0 saturated carbocycles. The van der Waals surface area contributed by atoms with E-state index in [0.717, 1.165) is 5.01 Å². The highest BCUT2D eigenvalue weighted by Crippen LogP contribution is 2.24. The third-order valence-corrected chi connectivity index (χ3v) is 1.67. The lowest BCUT2D eigenvalue weighted by Crippen LogP contribution is -2.43.